The number of ether oxygens (including phenoxy) is 1. The molecule has 4 nitrogen and oxygen atoms in total. The number of carbonyl (C=O) groups is 1. The first-order chi connectivity index (χ1) is 9.92. The van der Waals surface area contributed by atoms with Crippen LogP contribution in [0.5, 0.6) is 5.75 Å². The lowest BCUT2D eigenvalue weighted by Gasteiger charge is -2.08. The van der Waals surface area contributed by atoms with Crippen LogP contribution in [0.25, 0.3) is 0 Å². The number of benzene rings is 1. The van der Waals surface area contributed by atoms with Gasteiger partial charge in [-0.1, -0.05) is 15.9 Å². The molecule has 0 N–H and O–H groups in total. The minimum Gasteiger partial charge on any atom is -0.496 e. The van der Waals surface area contributed by atoms with Crippen LogP contribution in [0.2, 0.25) is 0 Å². The SMILES string of the molecule is COc1ccc(Br)cc1CC(=O)Cc1c(C)nn(C)c1C. The number of Topliss-reactive ketones (excluding diaryl/α,β-unsaturated/α-hetero) is 1. The topological polar surface area (TPSA) is 44.1 Å². The van der Waals surface area contributed by atoms with Crippen LogP contribution in [-0.4, -0.2) is 22.7 Å². The zero-order valence-corrected chi connectivity index (χ0v) is 14.3. The molecular weight excluding hydrogens is 332 g/mol. The van der Waals surface area contributed by atoms with Gasteiger partial charge in [-0.2, -0.15) is 5.10 Å². The van der Waals surface area contributed by atoms with Crippen molar-refractivity contribution in [1.82, 2.24) is 9.78 Å². The fourth-order valence-electron chi connectivity index (χ4n) is 2.43. The maximum atomic E-state index is 12.4. The Morgan fingerprint density at radius 1 is 1.33 bits per heavy atom. The summed E-state index contributed by atoms with van der Waals surface area (Å²) in [6, 6.07) is 5.70. The molecule has 21 heavy (non-hydrogen) atoms. The summed E-state index contributed by atoms with van der Waals surface area (Å²) in [5.41, 5.74) is 3.89. The summed E-state index contributed by atoms with van der Waals surface area (Å²) in [5, 5.41) is 4.35. The van der Waals surface area contributed by atoms with Crippen LogP contribution in [0.1, 0.15) is 22.5 Å². The van der Waals surface area contributed by atoms with E-state index in [1.165, 1.54) is 0 Å². The Morgan fingerprint density at radius 2 is 2.05 bits per heavy atom. The highest BCUT2D eigenvalue weighted by molar-refractivity contribution is 9.10. The number of carbonyl (C=O) groups excluding carboxylic acids is 1. The third kappa shape index (κ3) is 3.53. The first-order valence-corrected chi connectivity index (χ1v) is 7.55. The average Bonchev–Trinajstić information content (AvgIpc) is 2.66. The van der Waals surface area contributed by atoms with E-state index in [0.717, 1.165) is 32.7 Å². The molecule has 0 aliphatic rings. The number of aryl methyl sites for hydroxylation is 2. The van der Waals surface area contributed by atoms with Gasteiger partial charge in [-0.05, 0) is 32.0 Å². The van der Waals surface area contributed by atoms with E-state index in [1.807, 2.05) is 43.8 Å². The van der Waals surface area contributed by atoms with Gasteiger partial charge in [0.05, 0.1) is 12.8 Å². The van der Waals surface area contributed by atoms with Crippen molar-refractivity contribution in [3.05, 3.63) is 45.2 Å². The van der Waals surface area contributed by atoms with Crippen LogP contribution in [-0.2, 0) is 24.7 Å². The van der Waals surface area contributed by atoms with E-state index in [0.29, 0.717) is 12.8 Å². The standard InChI is InChI=1S/C16H19BrN2O2/c1-10-15(11(2)19(3)18-10)9-14(20)8-12-7-13(17)5-6-16(12)21-4/h5-7H,8-9H2,1-4H3. The van der Waals surface area contributed by atoms with Gasteiger partial charge in [0, 0.05) is 41.2 Å². The van der Waals surface area contributed by atoms with E-state index in [1.54, 1.807) is 7.11 Å². The van der Waals surface area contributed by atoms with Crippen molar-refractivity contribution in [3.8, 4) is 5.75 Å². The Labute approximate surface area is 133 Å². The molecule has 0 radical (unpaired) electrons. The third-order valence-corrected chi connectivity index (χ3v) is 4.16. The van der Waals surface area contributed by atoms with Crippen molar-refractivity contribution in [2.75, 3.05) is 7.11 Å². The second kappa shape index (κ2) is 6.43. The maximum Gasteiger partial charge on any atom is 0.141 e. The predicted octanol–water partition coefficient (Wildman–Crippen LogP) is 3.16. The molecule has 0 atom stereocenters. The van der Waals surface area contributed by atoms with Crippen molar-refractivity contribution in [2.24, 2.45) is 7.05 Å². The fraction of sp³-hybridized carbons (Fsp3) is 0.375. The van der Waals surface area contributed by atoms with Crippen LogP contribution in [0.15, 0.2) is 22.7 Å². The number of aromatic nitrogens is 2. The molecule has 1 aromatic heterocycles. The third-order valence-electron chi connectivity index (χ3n) is 3.66. The van der Waals surface area contributed by atoms with E-state index < -0.39 is 0 Å². The average molecular weight is 351 g/mol. The van der Waals surface area contributed by atoms with E-state index >= 15 is 0 Å². The van der Waals surface area contributed by atoms with E-state index in [2.05, 4.69) is 21.0 Å². The van der Waals surface area contributed by atoms with Crippen molar-refractivity contribution in [2.45, 2.75) is 26.7 Å². The van der Waals surface area contributed by atoms with Crippen LogP contribution < -0.4 is 4.74 Å². The summed E-state index contributed by atoms with van der Waals surface area (Å²) in [6.45, 7) is 3.93. The number of ketones is 1. The molecule has 2 aromatic rings. The van der Waals surface area contributed by atoms with Gasteiger partial charge in [0.2, 0.25) is 0 Å². The zero-order chi connectivity index (χ0) is 15.6. The molecule has 0 amide bonds. The van der Waals surface area contributed by atoms with Crippen molar-refractivity contribution >= 4 is 21.7 Å². The maximum absolute atomic E-state index is 12.4. The van der Waals surface area contributed by atoms with Gasteiger partial charge in [-0.25, -0.2) is 0 Å². The Hall–Kier alpha value is -1.62. The normalized spacial score (nSPS) is 10.7. The molecule has 1 aromatic carbocycles. The number of hydrogen-bond donors (Lipinski definition) is 0. The fourth-order valence-corrected chi connectivity index (χ4v) is 2.84. The van der Waals surface area contributed by atoms with Crippen LogP contribution >= 0.6 is 15.9 Å². The lowest BCUT2D eigenvalue weighted by molar-refractivity contribution is -0.117. The predicted molar refractivity (Wildman–Crippen MR) is 85.8 cm³/mol. The molecule has 0 saturated carbocycles. The van der Waals surface area contributed by atoms with Gasteiger partial charge in [-0.3, -0.25) is 9.48 Å². The zero-order valence-electron chi connectivity index (χ0n) is 12.7. The molecule has 0 bridgehead atoms. The first kappa shape index (κ1) is 15.8. The smallest absolute Gasteiger partial charge is 0.141 e. The summed E-state index contributed by atoms with van der Waals surface area (Å²) in [6.07, 6.45) is 0.761. The second-order valence-electron chi connectivity index (χ2n) is 5.12. The lowest BCUT2D eigenvalue weighted by atomic mass is 10.0. The van der Waals surface area contributed by atoms with Crippen molar-refractivity contribution < 1.29 is 9.53 Å². The number of rotatable bonds is 5. The molecule has 0 aliphatic carbocycles. The summed E-state index contributed by atoms with van der Waals surface area (Å²) in [4.78, 5) is 12.4. The highest BCUT2D eigenvalue weighted by Crippen LogP contribution is 2.24. The molecule has 5 heteroatoms. The summed E-state index contributed by atoms with van der Waals surface area (Å²) in [7, 11) is 3.51. The van der Waals surface area contributed by atoms with Crippen LogP contribution in [0.3, 0.4) is 0 Å². The lowest BCUT2D eigenvalue weighted by Crippen LogP contribution is -2.09. The van der Waals surface area contributed by atoms with Crippen LogP contribution in [0.4, 0.5) is 0 Å². The minimum absolute atomic E-state index is 0.158. The van der Waals surface area contributed by atoms with E-state index in [9.17, 15) is 4.79 Å². The van der Waals surface area contributed by atoms with Gasteiger partial charge in [0.15, 0.2) is 0 Å². The highest BCUT2D eigenvalue weighted by Gasteiger charge is 2.15. The van der Waals surface area contributed by atoms with Gasteiger partial charge in [0.25, 0.3) is 0 Å². The molecular formula is C16H19BrN2O2. The van der Waals surface area contributed by atoms with Gasteiger partial charge >= 0.3 is 0 Å². The molecule has 0 fully saturated rings. The van der Waals surface area contributed by atoms with E-state index in [4.69, 9.17) is 4.74 Å². The Morgan fingerprint density at radius 3 is 2.62 bits per heavy atom. The quantitative estimate of drug-likeness (QED) is 0.831. The molecule has 0 aliphatic heterocycles. The summed E-state index contributed by atoms with van der Waals surface area (Å²) in [5.74, 6) is 0.900. The second-order valence-corrected chi connectivity index (χ2v) is 6.04. The largest absolute Gasteiger partial charge is 0.496 e. The summed E-state index contributed by atoms with van der Waals surface area (Å²) >= 11 is 3.43. The Bertz CT molecular complexity index is 677. The molecule has 0 spiro atoms. The summed E-state index contributed by atoms with van der Waals surface area (Å²) < 4.78 is 8.07. The number of methoxy groups -OCH3 is 1. The molecule has 0 saturated heterocycles. The van der Waals surface area contributed by atoms with Crippen LogP contribution in [0, 0.1) is 13.8 Å². The molecule has 112 valence electrons. The van der Waals surface area contributed by atoms with Gasteiger partial charge in [-0.15, -0.1) is 0 Å². The number of hydrogen-bond acceptors (Lipinski definition) is 3. The highest BCUT2D eigenvalue weighted by atomic mass is 79.9. The first-order valence-electron chi connectivity index (χ1n) is 6.75. The van der Waals surface area contributed by atoms with Crippen molar-refractivity contribution in [3.63, 3.8) is 0 Å². The molecule has 0 unspecified atom stereocenters. The minimum atomic E-state index is 0.158. The van der Waals surface area contributed by atoms with Crippen molar-refractivity contribution in [1.29, 1.82) is 0 Å². The number of nitrogens with zero attached hydrogens (tertiary/aromatic N) is 2. The van der Waals surface area contributed by atoms with Gasteiger partial charge < -0.3 is 4.74 Å². The Balaban J connectivity index is 2.17. The van der Waals surface area contributed by atoms with E-state index in [-0.39, 0.29) is 5.78 Å². The molecule has 2 rings (SSSR count). The number of halogens is 1. The molecule has 1 heterocycles. The monoisotopic (exact) mass is 350 g/mol. The van der Waals surface area contributed by atoms with Gasteiger partial charge in [0.1, 0.15) is 11.5 Å². The Kier molecular flexibility index (Phi) is 4.83.